The highest BCUT2D eigenvalue weighted by molar-refractivity contribution is 7.90. The number of hydrogen-bond donors (Lipinski definition) is 0. The highest BCUT2D eigenvalue weighted by Crippen LogP contribution is 2.20. The minimum atomic E-state index is -3.39. The molecule has 2 aromatic heterocycles. The number of aromatic nitrogens is 3. The third kappa shape index (κ3) is 2.43. The Morgan fingerprint density at radius 1 is 1.47 bits per heavy atom. The van der Waals surface area contributed by atoms with E-state index in [1.807, 2.05) is 0 Å². The number of fused-ring (bicyclic) bond motifs is 1. The van der Waals surface area contributed by atoms with Gasteiger partial charge in [-0.05, 0) is 13.0 Å². The Morgan fingerprint density at radius 2 is 2.16 bits per heavy atom. The molecule has 102 valence electrons. The van der Waals surface area contributed by atoms with Crippen LogP contribution in [0.2, 0.25) is 0 Å². The van der Waals surface area contributed by atoms with Gasteiger partial charge in [0.2, 0.25) is 0 Å². The molecule has 0 bridgehead atoms. The van der Waals surface area contributed by atoms with Gasteiger partial charge in [0.1, 0.15) is 0 Å². The summed E-state index contributed by atoms with van der Waals surface area (Å²) >= 11 is 0. The fraction of sp³-hybridized carbons (Fsp3) is 0.364. The second kappa shape index (κ2) is 4.61. The minimum Gasteiger partial charge on any atom is -0.461 e. The number of carbonyl (C=O) groups excluding carboxylic acids is 1. The smallest absolute Gasteiger partial charge is 0.359 e. The molecule has 8 heteroatoms. The number of nitrogens with zero attached hydrogens (tertiary/aromatic N) is 3. The predicted molar refractivity (Wildman–Crippen MR) is 67.6 cm³/mol. The van der Waals surface area contributed by atoms with Crippen molar-refractivity contribution < 1.29 is 17.9 Å². The summed E-state index contributed by atoms with van der Waals surface area (Å²) in [5.41, 5.74) is 0.493. The number of esters is 1. The number of carbonyl (C=O) groups is 1. The zero-order chi connectivity index (χ0) is 14.2. The molecule has 0 amide bonds. The van der Waals surface area contributed by atoms with Gasteiger partial charge in [-0.25, -0.2) is 22.9 Å². The number of aryl methyl sites for hydroxylation is 1. The van der Waals surface area contributed by atoms with Gasteiger partial charge in [-0.1, -0.05) is 0 Å². The van der Waals surface area contributed by atoms with Gasteiger partial charge in [-0.3, -0.25) is 0 Å². The van der Waals surface area contributed by atoms with E-state index in [4.69, 9.17) is 4.74 Å². The van der Waals surface area contributed by atoms with Crippen LogP contribution in [0.4, 0.5) is 0 Å². The lowest BCUT2D eigenvalue weighted by molar-refractivity contribution is 0.0520. The van der Waals surface area contributed by atoms with Gasteiger partial charge in [0.05, 0.1) is 16.9 Å². The largest absolute Gasteiger partial charge is 0.461 e. The van der Waals surface area contributed by atoms with E-state index in [-0.39, 0.29) is 17.2 Å². The highest BCUT2D eigenvalue weighted by atomic mass is 32.2. The summed E-state index contributed by atoms with van der Waals surface area (Å²) in [6.07, 6.45) is 2.32. The maximum absolute atomic E-state index is 11.8. The second-order valence-electron chi connectivity index (χ2n) is 4.01. The van der Waals surface area contributed by atoms with E-state index in [9.17, 15) is 13.2 Å². The summed E-state index contributed by atoms with van der Waals surface area (Å²) in [5.74, 6) is -0.597. The van der Waals surface area contributed by atoms with Crippen molar-refractivity contribution in [3.63, 3.8) is 0 Å². The van der Waals surface area contributed by atoms with Crippen molar-refractivity contribution in [2.75, 3.05) is 12.9 Å². The van der Waals surface area contributed by atoms with Crippen molar-refractivity contribution in [1.29, 1.82) is 0 Å². The van der Waals surface area contributed by atoms with E-state index in [2.05, 4.69) is 10.1 Å². The molecule has 0 saturated heterocycles. The van der Waals surface area contributed by atoms with Gasteiger partial charge >= 0.3 is 5.97 Å². The molecule has 0 atom stereocenters. The Morgan fingerprint density at radius 3 is 2.74 bits per heavy atom. The monoisotopic (exact) mass is 283 g/mol. The first-order chi connectivity index (χ1) is 8.84. The van der Waals surface area contributed by atoms with Gasteiger partial charge in [0.15, 0.2) is 21.2 Å². The second-order valence-corrected chi connectivity index (χ2v) is 6.02. The summed E-state index contributed by atoms with van der Waals surface area (Å²) in [5, 5.41) is 4.38. The van der Waals surface area contributed by atoms with Crippen LogP contribution in [0.15, 0.2) is 17.2 Å². The molecule has 0 spiro atoms. The fourth-order valence-corrected chi connectivity index (χ4v) is 2.25. The summed E-state index contributed by atoms with van der Waals surface area (Å²) < 4.78 is 29.3. The minimum absolute atomic E-state index is 0.0403. The molecule has 0 aromatic carbocycles. The average Bonchev–Trinajstić information content (AvgIpc) is 2.66. The molecule has 0 radical (unpaired) electrons. The third-order valence-corrected chi connectivity index (χ3v) is 3.63. The van der Waals surface area contributed by atoms with Crippen molar-refractivity contribution in [2.45, 2.75) is 11.8 Å². The number of hydrogen-bond acceptors (Lipinski definition) is 6. The van der Waals surface area contributed by atoms with Crippen molar-refractivity contribution in [2.24, 2.45) is 7.05 Å². The van der Waals surface area contributed by atoms with E-state index >= 15 is 0 Å². The lowest BCUT2D eigenvalue weighted by Crippen LogP contribution is -2.06. The zero-order valence-electron chi connectivity index (χ0n) is 10.7. The van der Waals surface area contributed by atoms with Crippen LogP contribution in [0.3, 0.4) is 0 Å². The summed E-state index contributed by atoms with van der Waals surface area (Å²) in [6, 6.07) is 1.39. The molecular weight excluding hydrogens is 270 g/mol. The normalized spacial score (nSPS) is 11.7. The quantitative estimate of drug-likeness (QED) is 0.764. The number of ether oxygens (including phenoxy) is 1. The standard InChI is InChI=1S/C11H13N3O4S/c1-4-18-11(15)9-8-5-7(19(3,16)17)6-12-10(8)14(2)13-9/h5-6H,4H2,1-3H3. The molecule has 0 aliphatic heterocycles. The van der Waals surface area contributed by atoms with Crippen LogP contribution in [-0.4, -0.2) is 42.0 Å². The molecule has 0 saturated carbocycles. The summed E-state index contributed by atoms with van der Waals surface area (Å²) in [6.45, 7) is 1.90. The first-order valence-electron chi connectivity index (χ1n) is 5.54. The first-order valence-corrected chi connectivity index (χ1v) is 7.43. The van der Waals surface area contributed by atoms with Crippen LogP contribution < -0.4 is 0 Å². The predicted octanol–water partition coefficient (Wildman–Crippen LogP) is 0.548. The van der Waals surface area contributed by atoms with Crippen LogP contribution in [0.1, 0.15) is 17.4 Å². The number of pyridine rings is 1. The number of sulfone groups is 1. The molecule has 19 heavy (non-hydrogen) atoms. The lowest BCUT2D eigenvalue weighted by Gasteiger charge is -2.00. The van der Waals surface area contributed by atoms with Gasteiger partial charge in [0.25, 0.3) is 0 Å². The van der Waals surface area contributed by atoms with E-state index in [1.165, 1.54) is 16.9 Å². The first kappa shape index (κ1) is 13.5. The maximum atomic E-state index is 11.8. The number of rotatable bonds is 3. The molecule has 7 nitrogen and oxygen atoms in total. The van der Waals surface area contributed by atoms with Crippen molar-refractivity contribution in [1.82, 2.24) is 14.8 Å². The van der Waals surface area contributed by atoms with E-state index in [0.29, 0.717) is 11.0 Å². The van der Waals surface area contributed by atoms with Crippen LogP contribution >= 0.6 is 0 Å². The van der Waals surface area contributed by atoms with Gasteiger partial charge < -0.3 is 4.74 Å². The molecule has 0 aliphatic rings. The van der Waals surface area contributed by atoms with Crippen molar-refractivity contribution in [3.05, 3.63) is 18.0 Å². The molecule has 2 heterocycles. The van der Waals surface area contributed by atoms with Crippen LogP contribution in [0, 0.1) is 0 Å². The Hall–Kier alpha value is -1.96. The molecule has 0 aliphatic carbocycles. The highest BCUT2D eigenvalue weighted by Gasteiger charge is 2.20. The fourth-order valence-electron chi connectivity index (χ4n) is 1.67. The zero-order valence-corrected chi connectivity index (χ0v) is 11.6. The van der Waals surface area contributed by atoms with Crippen molar-refractivity contribution in [3.8, 4) is 0 Å². The van der Waals surface area contributed by atoms with E-state index < -0.39 is 15.8 Å². The topological polar surface area (TPSA) is 91.2 Å². The summed E-state index contributed by atoms with van der Waals surface area (Å²) in [4.78, 5) is 15.8. The molecular formula is C11H13N3O4S. The van der Waals surface area contributed by atoms with Crippen LogP contribution in [0.5, 0.6) is 0 Å². The molecule has 0 unspecified atom stereocenters. The average molecular weight is 283 g/mol. The maximum Gasteiger partial charge on any atom is 0.359 e. The van der Waals surface area contributed by atoms with Gasteiger partial charge in [-0.15, -0.1) is 0 Å². The lowest BCUT2D eigenvalue weighted by atomic mass is 10.2. The van der Waals surface area contributed by atoms with Crippen LogP contribution in [-0.2, 0) is 21.6 Å². The SMILES string of the molecule is CCOC(=O)c1nn(C)c2ncc(S(C)(=O)=O)cc12. The molecule has 2 rings (SSSR count). The van der Waals surface area contributed by atoms with E-state index in [1.54, 1.807) is 14.0 Å². The Labute approximate surface area is 110 Å². The Balaban J connectivity index is 2.69. The Kier molecular flexibility index (Phi) is 3.27. The van der Waals surface area contributed by atoms with Gasteiger partial charge in [-0.2, -0.15) is 5.10 Å². The molecule has 0 fully saturated rings. The van der Waals surface area contributed by atoms with Crippen molar-refractivity contribution >= 4 is 26.8 Å². The molecule has 0 N–H and O–H groups in total. The third-order valence-electron chi connectivity index (χ3n) is 2.55. The van der Waals surface area contributed by atoms with E-state index in [0.717, 1.165) is 6.26 Å². The summed E-state index contributed by atoms with van der Waals surface area (Å²) in [7, 11) is -1.77. The van der Waals surface area contributed by atoms with Crippen LogP contribution in [0.25, 0.3) is 11.0 Å². The van der Waals surface area contributed by atoms with Gasteiger partial charge in [0, 0.05) is 19.5 Å². The molecule has 2 aromatic rings. The Bertz CT molecular complexity index is 749.